The van der Waals surface area contributed by atoms with Gasteiger partial charge >= 0.3 is 0 Å². The lowest BCUT2D eigenvalue weighted by Crippen LogP contribution is -2.09. The summed E-state index contributed by atoms with van der Waals surface area (Å²) in [6, 6.07) is 4.23. The van der Waals surface area contributed by atoms with Crippen molar-refractivity contribution < 1.29 is 9.47 Å². The molecule has 0 aliphatic heterocycles. The molecule has 4 nitrogen and oxygen atoms in total. The van der Waals surface area contributed by atoms with Crippen LogP contribution in [0.5, 0.6) is 11.5 Å². The predicted molar refractivity (Wildman–Crippen MR) is 90.1 cm³/mol. The van der Waals surface area contributed by atoms with Crippen molar-refractivity contribution in [3.63, 3.8) is 0 Å². The molecule has 21 heavy (non-hydrogen) atoms. The number of rotatable bonds is 7. The summed E-state index contributed by atoms with van der Waals surface area (Å²) < 4.78 is 13.0. The smallest absolute Gasteiger partial charge is 0.163 e. The van der Waals surface area contributed by atoms with Crippen molar-refractivity contribution in [3.8, 4) is 11.5 Å². The minimum atomic E-state index is 0.342. The van der Waals surface area contributed by atoms with Gasteiger partial charge in [0.1, 0.15) is 5.82 Å². The lowest BCUT2D eigenvalue weighted by Gasteiger charge is -2.17. The van der Waals surface area contributed by atoms with Gasteiger partial charge in [-0.3, -0.25) is 0 Å². The van der Waals surface area contributed by atoms with E-state index in [1.54, 1.807) is 14.2 Å². The van der Waals surface area contributed by atoms with Crippen molar-refractivity contribution in [1.82, 2.24) is 9.55 Å². The summed E-state index contributed by atoms with van der Waals surface area (Å²) in [5.74, 6) is 3.78. The summed E-state index contributed by atoms with van der Waals surface area (Å²) in [7, 11) is 3.27. The number of thioether (sulfide) groups is 1. The van der Waals surface area contributed by atoms with E-state index in [2.05, 4.69) is 22.7 Å². The zero-order valence-electron chi connectivity index (χ0n) is 12.9. The number of alkyl halides is 1. The van der Waals surface area contributed by atoms with Gasteiger partial charge in [0.25, 0.3) is 0 Å². The van der Waals surface area contributed by atoms with Gasteiger partial charge in [0.05, 0.1) is 31.1 Å². The molecule has 0 bridgehead atoms. The van der Waals surface area contributed by atoms with E-state index < -0.39 is 0 Å². The number of imidazole rings is 1. The largest absolute Gasteiger partial charge is 0.493 e. The van der Waals surface area contributed by atoms with Crippen LogP contribution in [0.3, 0.4) is 0 Å². The van der Waals surface area contributed by atoms with Gasteiger partial charge < -0.3 is 14.0 Å². The fourth-order valence-corrected chi connectivity index (χ4v) is 3.24. The zero-order chi connectivity index (χ0) is 15.4. The third-order valence-electron chi connectivity index (χ3n) is 3.57. The van der Waals surface area contributed by atoms with Crippen LogP contribution in [-0.2, 0) is 5.88 Å². The van der Waals surface area contributed by atoms with Crippen LogP contribution in [0.25, 0.3) is 11.0 Å². The first kappa shape index (κ1) is 16.3. The Morgan fingerprint density at radius 3 is 2.52 bits per heavy atom. The highest BCUT2D eigenvalue weighted by Gasteiger charge is 2.18. The van der Waals surface area contributed by atoms with Gasteiger partial charge in [-0.1, -0.05) is 0 Å². The number of halogens is 1. The highest BCUT2D eigenvalue weighted by atomic mass is 35.5. The Balaban J connectivity index is 2.56. The Morgan fingerprint density at radius 1 is 1.29 bits per heavy atom. The number of hydrogen-bond acceptors (Lipinski definition) is 4. The maximum Gasteiger partial charge on any atom is 0.163 e. The Morgan fingerprint density at radius 2 is 1.95 bits per heavy atom. The number of fused-ring (bicyclic) bond motifs is 1. The second kappa shape index (κ2) is 7.27. The predicted octanol–water partition coefficient (Wildman–Crippen LogP) is 4.11. The van der Waals surface area contributed by atoms with Crippen molar-refractivity contribution in [2.24, 2.45) is 0 Å². The summed E-state index contributed by atoms with van der Waals surface area (Å²) in [5.41, 5.74) is 1.93. The van der Waals surface area contributed by atoms with Crippen molar-refractivity contribution in [2.45, 2.75) is 25.3 Å². The van der Waals surface area contributed by atoms with E-state index in [4.69, 9.17) is 21.1 Å². The number of aromatic nitrogens is 2. The van der Waals surface area contributed by atoms with Gasteiger partial charge in [-0.15, -0.1) is 11.6 Å². The molecule has 2 aromatic rings. The molecule has 2 rings (SSSR count). The van der Waals surface area contributed by atoms with Crippen LogP contribution < -0.4 is 9.47 Å². The molecule has 116 valence electrons. The first-order valence-electron chi connectivity index (χ1n) is 6.84. The number of hydrogen-bond donors (Lipinski definition) is 0. The van der Waals surface area contributed by atoms with E-state index in [1.807, 2.05) is 23.9 Å². The first-order valence-corrected chi connectivity index (χ1v) is 8.76. The van der Waals surface area contributed by atoms with Gasteiger partial charge in [-0.2, -0.15) is 11.8 Å². The van der Waals surface area contributed by atoms with Crippen LogP contribution in [0.1, 0.15) is 25.2 Å². The SMILES string of the molecule is COc1cc2nc(CCl)n(C(C)CCSC)c2cc1OC. The molecule has 0 N–H and O–H groups in total. The zero-order valence-corrected chi connectivity index (χ0v) is 14.4. The molecule has 0 saturated carbocycles. The monoisotopic (exact) mass is 328 g/mol. The minimum absolute atomic E-state index is 0.342. The molecule has 0 saturated heterocycles. The van der Waals surface area contributed by atoms with Gasteiger partial charge in [0.15, 0.2) is 11.5 Å². The maximum atomic E-state index is 6.08. The van der Waals surface area contributed by atoms with E-state index in [1.165, 1.54) is 0 Å². The van der Waals surface area contributed by atoms with Gasteiger partial charge in [0.2, 0.25) is 0 Å². The highest BCUT2D eigenvalue weighted by molar-refractivity contribution is 7.98. The maximum absolute atomic E-state index is 6.08. The highest BCUT2D eigenvalue weighted by Crippen LogP contribution is 2.34. The standard InChI is InChI=1S/C15H21ClN2O2S/c1-10(5-6-21-4)18-12-8-14(20-3)13(19-2)7-11(12)17-15(18)9-16/h7-8,10H,5-6,9H2,1-4H3. The van der Waals surface area contributed by atoms with Crippen LogP contribution in [-0.4, -0.2) is 35.8 Å². The van der Waals surface area contributed by atoms with E-state index in [0.717, 1.165) is 29.0 Å². The third-order valence-corrected chi connectivity index (χ3v) is 4.45. The quantitative estimate of drug-likeness (QED) is 0.717. The van der Waals surface area contributed by atoms with Crippen LogP contribution in [0.2, 0.25) is 0 Å². The minimum Gasteiger partial charge on any atom is -0.493 e. The fourth-order valence-electron chi connectivity index (χ4n) is 2.48. The molecule has 1 aromatic carbocycles. The summed E-state index contributed by atoms with van der Waals surface area (Å²) in [6.07, 6.45) is 3.19. The van der Waals surface area contributed by atoms with Crippen LogP contribution in [0.15, 0.2) is 12.1 Å². The molecule has 0 fully saturated rings. The molecule has 0 radical (unpaired) electrons. The van der Waals surface area contributed by atoms with Gasteiger partial charge in [-0.25, -0.2) is 4.98 Å². The molecule has 1 atom stereocenters. The van der Waals surface area contributed by atoms with Crippen molar-refractivity contribution >= 4 is 34.4 Å². The number of benzene rings is 1. The number of ether oxygens (including phenoxy) is 2. The Bertz CT molecular complexity index is 615. The average Bonchev–Trinajstić information content (AvgIpc) is 2.88. The molecular formula is C15H21ClN2O2S. The molecule has 6 heteroatoms. The lowest BCUT2D eigenvalue weighted by atomic mass is 10.2. The van der Waals surface area contributed by atoms with Gasteiger partial charge in [-0.05, 0) is 25.4 Å². The summed E-state index contributed by atoms with van der Waals surface area (Å²) in [5, 5.41) is 0. The molecule has 0 spiro atoms. The van der Waals surface area contributed by atoms with E-state index in [-0.39, 0.29) is 0 Å². The van der Waals surface area contributed by atoms with Crippen LogP contribution in [0.4, 0.5) is 0 Å². The van der Waals surface area contributed by atoms with Crippen molar-refractivity contribution in [2.75, 3.05) is 26.2 Å². The normalized spacial score (nSPS) is 12.6. The summed E-state index contributed by atoms with van der Waals surface area (Å²) >= 11 is 7.93. The Kier molecular flexibility index (Phi) is 5.65. The fraction of sp³-hybridized carbons (Fsp3) is 0.533. The third kappa shape index (κ3) is 3.24. The second-order valence-corrected chi connectivity index (χ2v) is 6.11. The molecule has 0 amide bonds. The van der Waals surface area contributed by atoms with Crippen LogP contribution >= 0.6 is 23.4 Å². The van der Waals surface area contributed by atoms with Crippen molar-refractivity contribution in [1.29, 1.82) is 0 Å². The second-order valence-electron chi connectivity index (χ2n) is 4.86. The van der Waals surface area contributed by atoms with Gasteiger partial charge in [0, 0.05) is 18.2 Å². The molecule has 0 aliphatic rings. The molecule has 1 aromatic heterocycles. The number of methoxy groups -OCH3 is 2. The first-order chi connectivity index (χ1) is 10.2. The lowest BCUT2D eigenvalue weighted by molar-refractivity contribution is 0.355. The molecule has 1 unspecified atom stereocenters. The van der Waals surface area contributed by atoms with E-state index in [9.17, 15) is 0 Å². The van der Waals surface area contributed by atoms with E-state index in [0.29, 0.717) is 23.4 Å². The molecule has 1 heterocycles. The summed E-state index contributed by atoms with van der Waals surface area (Å²) in [4.78, 5) is 4.63. The van der Waals surface area contributed by atoms with Crippen molar-refractivity contribution in [3.05, 3.63) is 18.0 Å². The Hall–Kier alpha value is -1.07. The average molecular weight is 329 g/mol. The molecule has 0 aliphatic carbocycles. The van der Waals surface area contributed by atoms with E-state index >= 15 is 0 Å². The summed E-state index contributed by atoms with van der Waals surface area (Å²) in [6.45, 7) is 2.20. The topological polar surface area (TPSA) is 36.3 Å². The van der Waals surface area contributed by atoms with Crippen LogP contribution in [0, 0.1) is 0 Å². The Labute approximate surface area is 134 Å². The molecular weight excluding hydrogens is 308 g/mol. The number of nitrogens with zero attached hydrogens (tertiary/aromatic N) is 2.